The number of carbonyl (C=O) groups excluding carboxylic acids is 2. The van der Waals surface area contributed by atoms with Crippen LogP contribution in [0.1, 0.15) is 59.3 Å². The molecule has 0 aliphatic heterocycles. The van der Waals surface area contributed by atoms with E-state index in [1.165, 1.54) is 19.3 Å². The zero-order valence-corrected chi connectivity index (χ0v) is 13.0. The standard InChI is InChI=1S/C16H28O4/c1-4-5-6-7-8-12-19-15(17)9-10-16(18)20-13-11-14(2)3/h9-10,14H,4-8,11-13H2,1-3H3. The normalized spacial score (nSPS) is 11.0. The van der Waals surface area contributed by atoms with E-state index in [9.17, 15) is 9.59 Å². The van der Waals surface area contributed by atoms with Crippen LogP contribution in [0.5, 0.6) is 0 Å². The number of carbonyl (C=O) groups is 2. The molecule has 0 aromatic carbocycles. The zero-order valence-electron chi connectivity index (χ0n) is 13.0. The molecule has 0 aromatic rings. The molecule has 0 aliphatic rings. The van der Waals surface area contributed by atoms with E-state index in [1.54, 1.807) is 0 Å². The van der Waals surface area contributed by atoms with E-state index >= 15 is 0 Å². The molecule has 116 valence electrons. The minimum Gasteiger partial charge on any atom is -0.463 e. The molecule has 0 atom stereocenters. The first-order valence-corrected chi connectivity index (χ1v) is 7.57. The van der Waals surface area contributed by atoms with Crippen LogP contribution < -0.4 is 0 Å². The van der Waals surface area contributed by atoms with Crippen molar-refractivity contribution in [1.29, 1.82) is 0 Å². The molecule has 0 heterocycles. The van der Waals surface area contributed by atoms with Gasteiger partial charge in [-0.1, -0.05) is 46.5 Å². The largest absolute Gasteiger partial charge is 0.463 e. The van der Waals surface area contributed by atoms with Crippen LogP contribution in [-0.4, -0.2) is 25.2 Å². The number of hydrogen-bond donors (Lipinski definition) is 0. The second-order valence-electron chi connectivity index (χ2n) is 5.27. The average Bonchev–Trinajstić information content (AvgIpc) is 2.40. The van der Waals surface area contributed by atoms with Gasteiger partial charge < -0.3 is 9.47 Å². The summed E-state index contributed by atoms with van der Waals surface area (Å²) in [5.74, 6) is -0.490. The summed E-state index contributed by atoms with van der Waals surface area (Å²) >= 11 is 0. The summed E-state index contributed by atoms with van der Waals surface area (Å²) in [5.41, 5.74) is 0. The van der Waals surface area contributed by atoms with Crippen LogP contribution in [0.15, 0.2) is 12.2 Å². The molecule has 0 aromatic heterocycles. The summed E-state index contributed by atoms with van der Waals surface area (Å²) < 4.78 is 9.92. The molecular weight excluding hydrogens is 256 g/mol. The number of hydrogen-bond acceptors (Lipinski definition) is 4. The summed E-state index contributed by atoms with van der Waals surface area (Å²) in [6.45, 7) is 7.07. The Balaban J connectivity index is 3.58. The third-order valence-electron chi connectivity index (χ3n) is 2.79. The SMILES string of the molecule is CCCCCCCOC(=O)C=CC(=O)OCCC(C)C. The molecular formula is C16H28O4. The molecule has 0 saturated heterocycles. The van der Waals surface area contributed by atoms with E-state index in [0.29, 0.717) is 19.1 Å². The Labute approximate surface area is 122 Å². The third kappa shape index (κ3) is 13.1. The first-order valence-electron chi connectivity index (χ1n) is 7.57. The van der Waals surface area contributed by atoms with Crippen molar-refractivity contribution < 1.29 is 19.1 Å². The van der Waals surface area contributed by atoms with Gasteiger partial charge in [0.05, 0.1) is 13.2 Å². The molecule has 0 rings (SSSR count). The fraction of sp³-hybridized carbons (Fsp3) is 0.750. The van der Waals surface area contributed by atoms with Crippen molar-refractivity contribution in [2.75, 3.05) is 13.2 Å². The van der Waals surface area contributed by atoms with Gasteiger partial charge in [0.2, 0.25) is 0 Å². The number of esters is 2. The topological polar surface area (TPSA) is 52.6 Å². The Kier molecular flexibility index (Phi) is 11.9. The number of rotatable bonds is 11. The summed E-state index contributed by atoms with van der Waals surface area (Å²) in [6, 6.07) is 0. The molecule has 0 bridgehead atoms. The molecule has 0 fully saturated rings. The smallest absolute Gasteiger partial charge is 0.331 e. The highest BCUT2D eigenvalue weighted by atomic mass is 16.5. The van der Waals surface area contributed by atoms with Crippen LogP contribution in [0.2, 0.25) is 0 Å². The van der Waals surface area contributed by atoms with Crippen LogP contribution in [-0.2, 0) is 19.1 Å². The first-order chi connectivity index (χ1) is 9.56. The van der Waals surface area contributed by atoms with E-state index in [1.807, 2.05) is 0 Å². The quantitative estimate of drug-likeness (QED) is 0.330. The van der Waals surface area contributed by atoms with Crippen LogP contribution >= 0.6 is 0 Å². The van der Waals surface area contributed by atoms with Gasteiger partial charge in [-0.15, -0.1) is 0 Å². The lowest BCUT2D eigenvalue weighted by Crippen LogP contribution is -2.07. The lowest BCUT2D eigenvalue weighted by atomic mass is 10.1. The van der Waals surface area contributed by atoms with Gasteiger partial charge in [-0.25, -0.2) is 9.59 Å². The maximum atomic E-state index is 11.3. The fourth-order valence-electron chi connectivity index (χ4n) is 1.51. The molecule has 0 aliphatic carbocycles. The molecule has 4 heteroatoms. The third-order valence-corrected chi connectivity index (χ3v) is 2.79. The van der Waals surface area contributed by atoms with Crippen molar-refractivity contribution in [2.24, 2.45) is 5.92 Å². The molecule has 0 saturated carbocycles. The van der Waals surface area contributed by atoms with Crippen molar-refractivity contribution in [3.8, 4) is 0 Å². The average molecular weight is 284 g/mol. The summed E-state index contributed by atoms with van der Waals surface area (Å²) in [5, 5.41) is 0. The highest BCUT2D eigenvalue weighted by Gasteiger charge is 2.02. The van der Waals surface area contributed by atoms with Crippen LogP contribution in [0, 0.1) is 5.92 Å². The van der Waals surface area contributed by atoms with Gasteiger partial charge in [0.15, 0.2) is 0 Å². The predicted molar refractivity (Wildman–Crippen MR) is 79.3 cm³/mol. The second-order valence-corrected chi connectivity index (χ2v) is 5.27. The molecule has 0 N–H and O–H groups in total. The van der Waals surface area contributed by atoms with Crippen LogP contribution in [0.3, 0.4) is 0 Å². The van der Waals surface area contributed by atoms with Crippen molar-refractivity contribution in [3.05, 3.63) is 12.2 Å². The van der Waals surface area contributed by atoms with Gasteiger partial charge in [-0.2, -0.15) is 0 Å². The van der Waals surface area contributed by atoms with E-state index in [0.717, 1.165) is 31.4 Å². The fourth-order valence-corrected chi connectivity index (χ4v) is 1.51. The Bertz CT molecular complexity index is 295. The first kappa shape index (κ1) is 18.7. The molecule has 4 nitrogen and oxygen atoms in total. The second kappa shape index (κ2) is 12.7. The Morgan fingerprint density at radius 3 is 2.00 bits per heavy atom. The van der Waals surface area contributed by atoms with Gasteiger partial charge in [-0.3, -0.25) is 0 Å². The Morgan fingerprint density at radius 1 is 0.900 bits per heavy atom. The van der Waals surface area contributed by atoms with E-state index in [4.69, 9.17) is 9.47 Å². The number of ether oxygens (including phenoxy) is 2. The monoisotopic (exact) mass is 284 g/mol. The number of unbranched alkanes of at least 4 members (excludes halogenated alkanes) is 4. The zero-order chi connectivity index (χ0) is 15.2. The van der Waals surface area contributed by atoms with Gasteiger partial charge in [0.25, 0.3) is 0 Å². The minimum atomic E-state index is -0.495. The van der Waals surface area contributed by atoms with E-state index in [2.05, 4.69) is 20.8 Å². The van der Waals surface area contributed by atoms with Gasteiger partial charge in [0, 0.05) is 12.2 Å². The lowest BCUT2D eigenvalue weighted by Gasteiger charge is -2.04. The summed E-state index contributed by atoms with van der Waals surface area (Å²) in [7, 11) is 0. The van der Waals surface area contributed by atoms with Crippen molar-refractivity contribution in [3.63, 3.8) is 0 Å². The van der Waals surface area contributed by atoms with Gasteiger partial charge in [0.1, 0.15) is 0 Å². The van der Waals surface area contributed by atoms with Crippen molar-refractivity contribution >= 4 is 11.9 Å². The maximum Gasteiger partial charge on any atom is 0.331 e. The highest BCUT2D eigenvalue weighted by Crippen LogP contribution is 2.02. The molecule has 0 radical (unpaired) electrons. The van der Waals surface area contributed by atoms with Crippen molar-refractivity contribution in [1.82, 2.24) is 0 Å². The molecule has 0 spiro atoms. The summed E-state index contributed by atoms with van der Waals surface area (Å²) in [6.07, 6.45) is 8.61. The molecule has 0 unspecified atom stereocenters. The van der Waals surface area contributed by atoms with Crippen LogP contribution in [0.4, 0.5) is 0 Å². The van der Waals surface area contributed by atoms with Gasteiger partial charge in [-0.05, 0) is 18.8 Å². The minimum absolute atomic E-state index is 0.382. The van der Waals surface area contributed by atoms with E-state index < -0.39 is 11.9 Å². The molecule has 20 heavy (non-hydrogen) atoms. The lowest BCUT2D eigenvalue weighted by molar-refractivity contribution is -0.140. The highest BCUT2D eigenvalue weighted by molar-refractivity contribution is 5.91. The van der Waals surface area contributed by atoms with Crippen molar-refractivity contribution in [2.45, 2.75) is 59.3 Å². The maximum absolute atomic E-state index is 11.3. The molecule has 0 amide bonds. The van der Waals surface area contributed by atoms with Gasteiger partial charge >= 0.3 is 11.9 Å². The Hall–Kier alpha value is -1.32. The van der Waals surface area contributed by atoms with E-state index in [-0.39, 0.29) is 0 Å². The Morgan fingerprint density at radius 2 is 1.45 bits per heavy atom. The predicted octanol–water partition coefficient (Wildman–Crippen LogP) is 3.65. The summed E-state index contributed by atoms with van der Waals surface area (Å²) in [4.78, 5) is 22.6. The van der Waals surface area contributed by atoms with Crippen LogP contribution in [0.25, 0.3) is 0 Å².